The third-order valence-corrected chi connectivity index (χ3v) is 6.87. The summed E-state index contributed by atoms with van der Waals surface area (Å²) in [6.45, 7) is 22.7. The van der Waals surface area contributed by atoms with Crippen molar-refractivity contribution in [3.8, 4) is 0 Å². The zero-order valence-corrected chi connectivity index (χ0v) is 30.6. The van der Waals surface area contributed by atoms with Gasteiger partial charge in [0.25, 0.3) is 0 Å². The fraction of sp³-hybridized carbons (Fsp3) is 0.829. The summed E-state index contributed by atoms with van der Waals surface area (Å²) in [7, 11) is 0. The highest BCUT2D eigenvalue weighted by atomic mass is 16.2. The lowest BCUT2D eigenvalue weighted by atomic mass is 9.98. The molecule has 0 spiro atoms. The normalized spacial score (nSPS) is 13.9. The van der Waals surface area contributed by atoms with Gasteiger partial charge in [-0.25, -0.2) is 0 Å². The second-order valence-corrected chi connectivity index (χ2v) is 14.2. The van der Waals surface area contributed by atoms with Crippen LogP contribution in [0.25, 0.3) is 0 Å². The Hall–Kier alpha value is -2.54. The summed E-state index contributed by atoms with van der Waals surface area (Å²) in [5, 5.41) is 11.4. The molecule has 8 N–H and O–H groups in total. The monoisotopic (exact) mass is 671 g/mol. The van der Waals surface area contributed by atoms with Crippen LogP contribution in [-0.2, 0) is 28.8 Å². The van der Waals surface area contributed by atoms with Crippen molar-refractivity contribution in [1.29, 1.82) is 0 Å². The van der Waals surface area contributed by atoms with Gasteiger partial charge < -0.3 is 32.7 Å². The first-order valence-corrected chi connectivity index (χ1v) is 16.8. The molecular weight excluding hydrogens is 600 g/mol. The van der Waals surface area contributed by atoms with Crippen LogP contribution in [0.3, 0.4) is 0 Å². The first-order valence-electron chi connectivity index (χ1n) is 16.8. The molecule has 0 saturated heterocycles. The Morgan fingerprint density at radius 1 is 0.511 bits per heavy atom. The third-order valence-electron chi connectivity index (χ3n) is 6.87. The Bertz CT molecular complexity index is 888. The highest BCUT2D eigenvalue weighted by Gasteiger charge is 2.26. The van der Waals surface area contributed by atoms with Crippen LogP contribution in [0.2, 0.25) is 0 Å². The Kier molecular flexibility index (Phi) is 26.5. The molecule has 12 heteroatoms. The quantitative estimate of drug-likeness (QED) is 0.0994. The molecule has 0 aliphatic heterocycles. The van der Waals surface area contributed by atoms with Crippen LogP contribution >= 0.6 is 0 Å². The number of hydrogen-bond donors (Lipinski definition) is 6. The molecule has 0 aromatic rings. The summed E-state index contributed by atoms with van der Waals surface area (Å²) in [6.07, 6.45) is 1.25. The van der Waals surface area contributed by atoms with Gasteiger partial charge in [0.15, 0.2) is 23.1 Å². The van der Waals surface area contributed by atoms with Crippen molar-refractivity contribution in [2.24, 2.45) is 35.1 Å². The molecule has 0 bridgehead atoms. The van der Waals surface area contributed by atoms with E-state index in [0.29, 0.717) is 24.7 Å². The largest absolute Gasteiger partial charge is 0.349 e. The lowest BCUT2D eigenvalue weighted by Gasteiger charge is -2.21. The number of rotatable bonds is 22. The molecule has 2 amide bonds. The van der Waals surface area contributed by atoms with E-state index in [2.05, 4.69) is 21.3 Å². The van der Waals surface area contributed by atoms with Gasteiger partial charge in [-0.05, 0) is 24.7 Å². The first-order chi connectivity index (χ1) is 21.1. The number of carbonyl (C=O) groups excluding carboxylic acids is 6. The molecule has 0 rings (SSSR count). The van der Waals surface area contributed by atoms with E-state index in [1.807, 2.05) is 83.1 Å². The molecule has 12 nitrogen and oxygen atoms in total. The smallest absolute Gasteiger partial charge is 0.222 e. The van der Waals surface area contributed by atoms with Crippen LogP contribution in [0.15, 0.2) is 0 Å². The van der Waals surface area contributed by atoms with E-state index >= 15 is 0 Å². The third kappa shape index (κ3) is 24.3. The molecule has 0 aliphatic rings. The summed E-state index contributed by atoms with van der Waals surface area (Å²) in [5.74, 6) is -0.662. The van der Waals surface area contributed by atoms with Crippen molar-refractivity contribution < 1.29 is 28.8 Å². The number of Topliss-reactive ketones (excluding diaryl/α,β-unsaturated/α-hetero) is 4. The predicted octanol–water partition coefficient (Wildman–Crippen LogP) is 2.69. The molecular formula is C35H70N6O6. The zero-order chi connectivity index (χ0) is 36.3. The Balaban J connectivity index is -0.000000807. The summed E-state index contributed by atoms with van der Waals surface area (Å²) >= 11 is 0. The van der Waals surface area contributed by atoms with Crippen LogP contribution in [0, 0.1) is 23.7 Å². The van der Waals surface area contributed by atoms with E-state index < -0.39 is 24.2 Å². The molecule has 0 radical (unpaired) electrons. The van der Waals surface area contributed by atoms with Crippen LogP contribution in [0.4, 0.5) is 0 Å². The topological polar surface area (TPSA) is 203 Å². The van der Waals surface area contributed by atoms with Crippen molar-refractivity contribution in [2.75, 3.05) is 13.1 Å². The minimum absolute atomic E-state index is 0. The van der Waals surface area contributed by atoms with Gasteiger partial charge in [-0.1, -0.05) is 90.5 Å². The Labute approximate surface area is 285 Å². The molecule has 4 atom stereocenters. The average molecular weight is 671 g/mol. The summed E-state index contributed by atoms with van der Waals surface area (Å²) in [4.78, 5) is 72.1. The highest BCUT2D eigenvalue weighted by Crippen LogP contribution is 2.08. The summed E-state index contributed by atoms with van der Waals surface area (Å²) in [6, 6.07) is -1.99. The van der Waals surface area contributed by atoms with Gasteiger partial charge in [0.05, 0.1) is 37.3 Å². The molecule has 47 heavy (non-hydrogen) atoms. The lowest BCUT2D eigenvalue weighted by molar-refractivity contribution is -0.130. The fourth-order valence-electron chi connectivity index (χ4n) is 4.52. The van der Waals surface area contributed by atoms with Gasteiger partial charge in [0, 0.05) is 36.8 Å². The Morgan fingerprint density at radius 3 is 1.00 bits per heavy atom. The van der Waals surface area contributed by atoms with Crippen LogP contribution in [0.1, 0.15) is 116 Å². The molecule has 276 valence electrons. The van der Waals surface area contributed by atoms with E-state index in [0.717, 1.165) is 0 Å². The number of nitrogens with two attached hydrogens (primary N) is 2. The van der Waals surface area contributed by atoms with Crippen LogP contribution in [-0.4, -0.2) is 84.3 Å². The van der Waals surface area contributed by atoms with E-state index in [1.165, 1.54) is 0 Å². The summed E-state index contributed by atoms with van der Waals surface area (Å²) in [5.41, 5.74) is 11.6. The number of carbonyl (C=O) groups is 6. The van der Waals surface area contributed by atoms with Gasteiger partial charge >= 0.3 is 0 Å². The minimum Gasteiger partial charge on any atom is -0.349 e. The van der Waals surface area contributed by atoms with Gasteiger partial charge in [0.2, 0.25) is 11.8 Å². The van der Waals surface area contributed by atoms with Crippen molar-refractivity contribution in [3.05, 3.63) is 0 Å². The SMILES string of the molecule is C.CC(C)CC(N)C(=O)CNC(=O)CC(NC(C)C)C(=O)C(C)C.CC(C)CC(N)C(=O)CNC(=O)CC(NC(C)C)C(=O)C(C)C. The van der Waals surface area contributed by atoms with Crippen LogP contribution < -0.4 is 32.7 Å². The number of hydrogen-bond acceptors (Lipinski definition) is 10. The van der Waals surface area contributed by atoms with Crippen molar-refractivity contribution in [2.45, 2.75) is 152 Å². The average Bonchev–Trinajstić information content (AvgIpc) is 2.91. The standard InChI is InChI=1S/2C17H33N3O3.CH4/c2*1-10(2)7-13(18)15(21)9-19-16(22)8-14(20-12(5)6)17(23)11(3)4;/h2*10-14,20H,7-9,18H2,1-6H3,(H,19,22);1H4. The molecule has 0 heterocycles. The Morgan fingerprint density at radius 2 is 0.787 bits per heavy atom. The van der Waals surface area contributed by atoms with E-state index in [9.17, 15) is 28.8 Å². The van der Waals surface area contributed by atoms with Crippen molar-refractivity contribution in [1.82, 2.24) is 21.3 Å². The van der Waals surface area contributed by atoms with Gasteiger partial charge in [-0.2, -0.15) is 0 Å². The first kappa shape index (κ1) is 48.9. The zero-order valence-electron chi connectivity index (χ0n) is 30.6. The molecule has 0 aromatic carbocycles. The fourth-order valence-corrected chi connectivity index (χ4v) is 4.52. The molecule has 0 saturated carbocycles. The maximum Gasteiger partial charge on any atom is 0.222 e. The molecule has 0 aliphatic carbocycles. The molecule has 0 aromatic heterocycles. The number of ketones is 4. The highest BCUT2D eigenvalue weighted by molar-refractivity contribution is 5.94. The van der Waals surface area contributed by atoms with E-state index in [-0.39, 0.29) is 92.2 Å². The van der Waals surface area contributed by atoms with Gasteiger partial charge in [-0.3, -0.25) is 28.8 Å². The minimum atomic E-state index is -0.558. The van der Waals surface area contributed by atoms with Gasteiger partial charge in [-0.15, -0.1) is 0 Å². The molecule has 0 fully saturated rings. The number of nitrogens with one attached hydrogen (secondary N) is 4. The molecule has 4 unspecified atom stereocenters. The lowest BCUT2D eigenvalue weighted by Crippen LogP contribution is -2.47. The number of amides is 2. The predicted molar refractivity (Wildman–Crippen MR) is 191 cm³/mol. The van der Waals surface area contributed by atoms with Crippen molar-refractivity contribution >= 4 is 34.9 Å². The second-order valence-electron chi connectivity index (χ2n) is 14.2. The maximum absolute atomic E-state index is 12.2. The summed E-state index contributed by atoms with van der Waals surface area (Å²) < 4.78 is 0. The van der Waals surface area contributed by atoms with E-state index in [4.69, 9.17) is 11.5 Å². The van der Waals surface area contributed by atoms with Crippen LogP contribution in [0.5, 0.6) is 0 Å². The second kappa shape index (κ2) is 25.5. The maximum atomic E-state index is 12.2. The van der Waals surface area contributed by atoms with Crippen molar-refractivity contribution in [3.63, 3.8) is 0 Å². The van der Waals surface area contributed by atoms with E-state index in [1.54, 1.807) is 0 Å². The van der Waals surface area contributed by atoms with Gasteiger partial charge in [0.1, 0.15) is 0 Å².